The molecular formula is C26H30N4O4. The fourth-order valence-electron chi connectivity index (χ4n) is 3.91. The number of ether oxygens (including phenoxy) is 2. The van der Waals surface area contributed by atoms with Crippen LogP contribution in [-0.4, -0.2) is 66.2 Å². The quantitative estimate of drug-likeness (QED) is 0.491. The van der Waals surface area contributed by atoms with E-state index in [1.807, 2.05) is 48.2 Å². The number of hydrogen-bond donors (Lipinski definition) is 0. The van der Waals surface area contributed by atoms with Crippen LogP contribution in [0.25, 0.3) is 17.5 Å². The molecule has 2 heterocycles. The molecule has 0 N–H and O–H groups in total. The Bertz CT molecular complexity index is 1130. The van der Waals surface area contributed by atoms with E-state index in [9.17, 15) is 4.79 Å². The number of aromatic nitrogens is 2. The van der Waals surface area contributed by atoms with E-state index in [0.717, 1.165) is 24.2 Å². The summed E-state index contributed by atoms with van der Waals surface area (Å²) in [4.78, 5) is 21.4. The van der Waals surface area contributed by atoms with Crippen LogP contribution in [0.5, 0.6) is 11.5 Å². The largest absolute Gasteiger partial charge is 0.497 e. The number of piperazine rings is 1. The van der Waals surface area contributed by atoms with Gasteiger partial charge in [-0.25, -0.2) is 0 Å². The second-order valence-corrected chi connectivity index (χ2v) is 8.34. The number of carbonyl (C=O) groups excluding carboxylic acids is 1. The number of rotatable bonds is 7. The van der Waals surface area contributed by atoms with Gasteiger partial charge in [-0.15, -0.1) is 0 Å². The van der Waals surface area contributed by atoms with E-state index in [4.69, 9.17) is 14.0 Å². The lowest BCUT2D eigenvalue weighted by Gasteiger charge is -2.36. The third kappa shape index (κ3) is 5.46. The van der Waals surface area contributed by atoms with Crippen LogP contribution in [0, 0.1) is 6.92 Å². The maximum absolute atomic E-state index is 12.7. The fourth-order valence-corrected chi connectivity index (χ4v) is 3.91. The minimum Gasteiger partial charge on any atom is -0.497 e. The van der Waals surface area contributed by atoms with E-state index in [1.54, 1.807) is 32.4 Å². The summed E-state index contributed by atoms with van der Waals surface area (Å²) in [7, 11) is 3.21. The average molecular weight is 463 g/mol. The van der Waals surface area contributed by atoms with E-state index in [2.05, 4.69) is 22.0 Å². The first kappa shape index (κ1) is 23.5. The van der Waals surface area contributed by atoms with Crippen molar-refractivity contribution in [3.8, 4) is 22.9 Å². The van der Waals surface area contributed by atoms with Gasteiger partial charge in [0, 0.05) is 43.9 Å². The number of benzene rings is 2. The third-order valence-corrected chi connectivity index (χ3v) is 6.07. The van der Waals surface area contributed by atoms with Crippen LogP contribution in [-0.2, 0) is 4.79 Å². The fraction of sp³-hybridized carbons (Fsp3) is 0.346. The number of carbonyl (C=O) groups is 1. The number of methoxy groups -OCH3 is 2. The van der Waals surface area contributed by atoms with Crippen molar-refractivity contribution in [1.29, 1.82) is 0 Å². The van der Waals surface area contributed by atoms with Crippen molar-refractivity contribution in [2.75, 3.05) is 40.4 Å². The topological polar surface area (TPSA) is 80.9 Å². The van der Waals surface area contributed by atoms with Crippen LogP contribution < -0.4 is 9.47 Å². The van der Waals surface area contributed by atoms with E-state index < -0.39 is 0 Å². The van der Waals surface area contributed by atoms with Gasteiger partial charge < -0.3 is 18.9 Å². The Morgan fingerprint density at radius 1 is 1.03 bits per heavy atom. The summed E-state index contributed by atoms with van der Waals surface area (Å²) in [5.74, 6) is 2.52. The number of amides is 1. The SMILES string of the molecule is COc1cc(/C=C/C(=O)N2CCN(C(C)c3nc(-c4ccc(C)cc4)no3)CC2)cc(OC)c1. The molecule has 1 amide bonds. The molecule has 1 atom stereocenters. The molecule has 0 aliphatic carbocycles. The van der Waals surface area contributed by atoms with Gasteiger partial charge in [0.1, 0.15) is 11.5 Å². The second-order valence-electron chi connectivity index (χ2n) is 8.34. The van der Waals surface area contributed by atoms with Crippen LogP contribution in [0.4, 0.5) is 0 Å². The molecule has 178 valence electrons. The summed E-state index contributed by atoms with van der Waals surface area (Å²) in [6.45, 7) is 6.83. The molecule has 1 fully saturated rings. The van der Waals surface area contributed by atoms with Crippen LogP contribution in [0.2, 0.25) is 0 Å². The highest BCUT2D eigenvalue weighted by Crippen LogP contribution is 2.25. The van der Waals surface area contributed by atoms with Crippen molar-refractivity contribution in [2.45, 2.75) is 19.9 Å². The Kier molecular flexibility index (Phi) is 7.27. The maximum atomic E-state index is 12.7. The van der Waals surface area contributed by atoms with E-state index >= 15 is 0 Å². The Hall–Kier alpha value is -3.65. The van der Waals surface area contributed by atoms with Gasteiger partial charge in [-0.2, -0.15) is 4.98 Å². The van der Waals surface area contributed by atoms with Crippen molar-refractivity contribution in [2.24, 2.45) is 0 Å². The van der Waals surface area contributed by atoms with Gasteiger partial charge in [-0.3, -0.25) is 9.69 Å². The molecule has 2 aromatic carbocycles. The van der Waals surface area contributed by atoms with Gasteiger partial charge >= 0.3 is 0 Å². The van der Waals surface area contributed by atoms with Crippen molar-refractivity contribution >= 4 is 12.0 Å². The zero-order valence-corrected chi connectivity index (χ0v) is 20.0. The first-order valence-corrected chi connectivity index (χ1v) is 11.3. The highest BCUT2D eigenvalue weighted by Gasteiger charge is 2.27. The molecule has 34 heavy (non-hydrogen) atoms. The van der Waals surface area contributed by atoms with Gasteiger partial charge in [0.05, 0.1) is 20.3 Å². The Balaban J connectivity index is 1.33. The number of nitrogens with zero attached hydrogens (tertiary/aromatic N) is 4. The lowest BCUT2D eigenvalue weighted by atomic mass is 10.1. The van der Waals surface area contributed by atoms with Crippen molar-refractivity contribution in [3.63, 3.8) is 0 Å². The Morgan fingerprint density at radius 2 is 1.68 bits per heavy atom. The second kappa shape index (κ2) is 10.5. The highest BCUT2D eigenvalue weighted by molar-refractivity contribution is 5.92. The lowest BCUT2D eigenvalue weighted by molar-refractivity contribution is -0.128. The van der Waals surface area contributed by atoms with Gasteiger partial charge in [0.25, 0.3) is 0 Å². The predicted octanol–water partition coefficient (Wildman–Crippen LogP) is 3.98. The minimum atomic E-state index is -0.0243. The normalized spacial score (nSPS) is 15.5. The first-order chi connectivity index (χ1) is 16.5. The average Bonchev–Trinajstić information content (AvgIpc) is 3.37. The lowest BCUT2D eigenvalue weighted by Crippen LogP contribution is -2.48. The standard InChI is InChI=1S/C26H30N4O4/c1-18-5-8-21(9-6-18)25-27-26(34-28-25)19(2)29-11-13-30(14-12-29)24(31)10-7-20-15-22(32-3)17-23(16-20)33-4/h5-10,15-17,19H,11-14H2,1-4H3/b10-7+. The highest BCUT2D eigenvalue weighted by atomic mass is 16.5. The molecule has 0 spiro atoms. The third-order valence-electron chi connectivity index (χ3n) is 6.07. The molecule has 0 bridgehead atoms. The maximum Gasteiger partial charge on any atom is 0.246 e. The van der Waals surface area contributed by atoms with Gasteiger partial charge in [0.2, 0.25) is 17.6 Å². The predicted molar refractivity (Wildman–Crippen MR) is 130 cm³/mol. The van der Waals surface area contributed by atoms with Crippen LogP contribution in [0.3, 0.4) is 0 Å². The minimum absolute atomic E-state index is 0.0199. The Morgan fingerprint density at radius 3 is 2.29 bits per heavy atom. The van der Waals surface area contributed by atoms with E-state index in [1.165, 1.54) is 5.56 Å². The molecule has 0 saturated carbocycles. The van der Waals surface area contributed by atoms with Crippen molar-refractivity contribution in [3.05, 3.63) is 65.6 Å². The number of hydrogen-bond acceptors (Lipinski definition) is 7. The monoisotopic (exact) mass is 462 g/mol. The summed E-state index contributed by atoms with van der Waals surface area (Å²) >= 11 is 0. The molecule has 1 aliphatic rings. The van der Waals surface area contributed by atoms with Crippen LogP contribution in [0.1, 0.15) is 30.0 Å². The summed E-state index contributed by atoms with van der Waals surface area (Å²) < 4.78 is 16.1. The van der Waals surface area contributed by atoms with Gasteiger partial charge in [-0.05, 0) is 37.6 Å². The van der Waals surface area contributed by atoms with Gasteiger partial charge in [0.15, 0.2) is 0 Å². The summed E-state index contributed by atoms with van der Waals surface area (Å²) in [5, 5.41) is 4.15. The zero-order chi connectivity index (χ0) is 24.1. The Labute approximate surface area is 199 Å². The molecule has 1 aromatic heterocycles. The molecule has 8 nitrogen and oxygen atoms in total. The smallest absolute Gasteiger partial charge is 0.246 e. The number of aryl methyl sites for hydroxylation is 1. The summed E-state index contributed by atoms with van der Waals surface area (Å²) in [6, 6.07) is 13.6. The molecule has 8 heteroatoms. The molecule has 1 saturated heterocycles. The molecule has 3 aromatic rings. The summed E-state index contributed by atoms with van der Waals surface area (Å²) in [6.07, 6.45) is 3.38. The van der Waals surface area contributed by atoms with Crippen molar-refractivity contribution < 1.29 is 18.8 Å². The molecule has 4 rings (SSSR count). The van der Waals surface area contributed by atoms with E-state index in [-0.39, 0.29) is 11.9 Å². The first-order valence-electron chi connectivity index (χ1n) is 11.3. The van der Waals surface area contributed by atoms with Crippen LogP contribution in [0.15, 0.2) is 53.1 Å². The van der Waals surface area contributed by atoms with E-state index in [0.29, 0.717) is 36.3 Å². The summed E-state index contributed by atoms with van der Waals surface area (Å²) in [5.41, 5.74) is 2.97. The van der Waals surface area contributed by atoms with Crippen molar-refractivity contribution in [1.82, 2.24) is 19.9 Å². The zero-order valence-electron chi connectivity index (χ0n) is 20.0. The molecule has 0 radical (unpaired) electrons. The van der Waals surface area contributed by atoms with Gasteiger partial charge in [-0.1, -0.05) is 35.0 Å². The molecule has 1 unspecified atom stereocenters. The molecule has 1 aliphatic heterocycles. The van der Waals surface area contributed by atoms with Crippen LogP contribution >= 0.6 is 0 Å². The molecular weight excluding hydrogens is 432 g/mol.